The molecule has 2 heterocycles. The summed E-state index contributed by atoms with van der Waals surface area (Å²) in [4.78, 5) is 33.1. The van der Waals surface area contributed by atoms with Gasteiger partial charge in [-0.25, -0.2) is 4.98 Å². The van der Waals surface area contributed by atoms with E-state index >= 15 is 0 Å². The summed E-state index contributed by atoms with van der Waals surface area (Å²) in [6.07, 6.45) is 4.26. The average molecular weight is 442 g/mol. The maximum absolute atomic E-state index is 13.8. The molecule has 0 unspecified atom stereocenters. The molecule has 0 atom stereocenters. The molecule has 0 saturated carbocycles. The van der Waals surface area contributed by atoms with Gasteiger partial charge in [-0.2, -0.15) is 0 Å². The van der Waals surface area contributed by atoms with E-state index < -0.39 is 0 Å². The number of thioether (sulfide) groups is 1. The largest absolute Gasteiger partial charge is 0.353 e. The van der Waals surface area contributed by atoms with Crippen molar-refractivity contribution in [3.8, 4) is 5.69 Å². The number of aromatic nitrogens is 2. The Balaban J connectivity index is 1.89. The molecule has 0 aliphatic heterocycles. The van der Waals surface area contributed by atoms with Crippen LogP contribution in [0, 0.1) is 13.8 Å². The minimum atomic E-state index is -0.0534. The molecule has 1 N–H and O–H groups in total. The fourth-order valence-corrected chi connectivity index (χ4v) is 6.07. The molecule has 0 bridgehead atoms. The van der Waals surface area contributed by atoms with E-state index in [1.807, 2.05) is 45.9 Å². The first-order valence-electron chi connectivity index (χ1n) is 10.4. The number of hydrogen-bond donors (Lipinski definition) is 1. The molecule has 0 saturated heterocycles. The summed E-state index contributed by atoms with van der Waals surface area (Å²) in [6, 6.07) is 6.19. The molecule has 0 radical (unpaired) electrons. The fourth-order valence-electron chi connectivity index (χ4n) is 3.95. The minimum absolute atomic E-state index is 0.0140. The minimum Gasteiger partial charge on any atom is -0.353 e. The summed E-state index contributed by atoms with van der Waals surface area (Å²) >= 11 is 2.97. The quantitative estimate of drug-likeness (QED) is 0.466. The molecule has 0 spiro atoms. The number of carbonyl (C=O) groups excluding carboxylic acids is 1. The Hall–Kier alpha value is -2.12. The van der Waals surface area contributed by atoms with Crippen LogP contribution in [0.2, 0.25) is 0 Å². The normalized spacial score (nSPS) is 13.6. The topological polar surface area (TPSA) is 64.0 Å². The molecular weight excluding hydrogens is 414 g/mol. The van der Waals surface area contributed by atoms with Gasteiger partial charge in [0.2, 0.25) is 5.91 Å². The Kier molecular flexibility index (Phi) is 6.02. The van der Waals surface area contributed by atoms with Gasteiger partial charge in [-0.15, -0.1) is 11.3 Å². The van der Waals surface area contributed by atoms with Gasteiger partial charge in [-0.05, 0) is 76.1 Å². The zero-order valence-corrected chi connectivity index (χ0v) is 19.5. The highest BCUT2D eigenvalue weighted by atomic mass is 32.2. The molecule has 2 aromatic heterocycles. The van der Waals surface area contributed by atoms with Gasteiger partial charge in [0, 0.05) is 10.9 Å². The van der Waals surface area contributed by atoms with Crippen LogP contribution in [0.15, 0.2) is 28.2 Å². The lowest BCUT2D eigenvalue weighted by atomic mass is 9.97. The van der Waals surface area contributed by atoms with Crippen molar-refractivity contribution in [2.45, 2.75) is 64.6 Å². The number of nitrogens with zero attached hydrogens (tertiary/aromatic N) is 2. The summed E-state index contributed by atoms with van der Waals surface area (Å²) in [7, 11) is 0. The van der Waals surface area contributed by atoms with Crippen LogP contribution in [0.5, 0.6) is 0 Å². The van der Waals surface area contributed by atoms with Crippen LogP contribution in [-0.2, 0) is 17.6 Å². The summed E-state index contributed by atoms with van der Waals surface area (Å²) in [5.74, 6) is 0.175. The van der Waals surface area contributed by atoms with Gasteiger partial charge in [-0.3, -0.25) is 14.2 Å². The van der Waals surface area contributed by atoms with E-state index in [0.29, 0.717) is 5.16 Å². The van der Waals surface area contributed by atoms with Crippen LogP contribution in [0.25, 0.3) is 15.9 Å². The fraction of sp³-hybridized carbons (Fsp3) is 0.435. The third-order valence-corrected chi connectivity index (χ3v) is 7.47. The number of nitrogens with one attached hydrogen (secondary N) is 1. The van der Waals surface area contributed by atoms with Crippen molar-refractivity contribution in [1.82, 2.24) is 14.9 Å². The van der Waals surface area contributed by atoms with E-state index in [2.05, 4.69) is 5.32 Å². The van der Waals surface area contributed by atoms with Gasteiger partial charge < -0.3 is 5.32 Å². The van der Waals surface area contributed by atoms with Crippen LogP contribution < -0.4 is 10.9 Å². The second-order valence-corrected chi connectivity index (χ2v) is 10.3. The van der Waals surface area contributed by atoms with Crippen molar-refractivity contribution in [3.05, 3.63) is 50.1 Å². The van der Waals surface area contributed by atoms with Crippen LogP contribution in [-0.4, -0.2) is 27.3 Å². The standard InChI is InChI=1S/C23H27N3O2S2/c1-13(2)24-19(27)12-29-23-25-21-20(16-7-5-6-8-18(16)30-21)22(28)26(23)17-11-14(3)9-10-15(17)4/h9-11,13H,5-8,12H2,1-4H3,(H,24,27). The number of amides is 1. The summed E-state index contributed by atoms with van der Waals surface area (Å²) in [6.45, 7) is 7.91. The molecule has 7 heteroatoms. The third kappa shape index (κ3) is 4.05. The number of carbonyl (C=O) groups is 1. The SMILES string of the molecule is Cc1ccc(C)c(-n2c(SCC(=O)NC(C)C)nc3sc4c(c3c2=O)CCCC4)c1. The van der Waals surface area contributed by atoms with E-state index in [4.69, 9.17) is 4.98 Å². The third-order valence-electron chi connectivity index (χ3n) is 5.35. The second kappa shape index (κ2) is 8.55. The molecule has 1 amide bonds. The monoisotopic (exact) mass is 441 g/mol. The van der Waals surface area contributed by atoms with Crippen LogP contribution in [0.3, 0.4) is 0 Å². The molecular formula is C23H27N3O2S2. The molecule has 3 aromatic rings. The molecule has 1 aliphatic carbocycles. The predicted molar refractivity (Wildman–Crippen MR) is 125 cm³/mol. The average Bonchev–Trinajstić information content (AvgIpc) is 3.06. The van der Waals surface area contributed by atoms with Crippen molar-refractivity contribution < 1.29 is 4.79 Å². The Morgan fingerprint density at radius 1 is 1.27 bits per heavy atom. The maximum atomic E-state index is 13.8. The highest BCUT2D eigenvalue weighted by Gasteiger charge is 2.23. The number of rotatable bonds is 5. The van der Waals surface area contributed by atoms with Crippen LogP contribution in [0.1, 0.15) is 48.3 Å². The smallest absolute Gasteiger partial charge is 0.267 e. The number of fused-ring (bicyclic) bond motifs is 3. The zero-order chi connectivity index (χ0) is 21.4. The molecule has 1 aromatic carbocycles. The van der Waals surface area contributed by atoms with Crippen LogP contribution >= 0.6 is 23.1 Å². The van der Waals surface area contributed by atoms with Crippen molar-refractivity contribution in [3.63, 3.8) is 0 Å². The van der Waals surface area contributed by atoms with Crippen molar-refractivity contribution in [1.29, 1.82) is 0 Å². The molecule has 1 aliphatic rings. The van der Waals surface area contributed by atoms with E-state index in [1.165, 1.54) is 28.6 Å². The van der Waals surface area contributed by atoms with E-state index in [9.17, 15) is 9.59 Å². The van der Waals surface area contributed by atoms with E-state index in [0.717, 1.165) is 46.3 Å². The Morgan fingerprint density at radius 2 is 2.03 bits per heavy atom. The summed E-state index contributed by atoms with van der Waals surface area (Å²) < 4.78 is 1.72. The lowest BCUT2D eigenvalue weighted by Gasteiger charge is -2.16. The van der Waals surface area contributed by atoms with Gasteiger partial charge in [0.1, 0.15) is 4.83 Å². The predicted octanol–water partition coefficient (Wildman–Crippen LogP) is 4.56. The van der Waals surface area contributed by atoms with Crippen molar-refractivity contribution in [2.24, 2.45) is 0 Å². The number of aryl methyl sites for hydroxylation is 4. The van der Waals surface area contributed by atoms with Crippen molar-refractivity contribution in [2.75, 3.05) is 5.75 Å². The van der Waals surface area contributed by atoms with E-state index in [1.54, 1.807) is 15.9 Å². The Bertz CT molecular complexity index is 1180. The number of benzene rings is 1. The first-order chi connectivity index (χ1) is 14.3. The van der Waals surface area contributed by atoms with Crippen molar-refractivity contribution >= 4 is 39.2 Å². The molecule has 4 rings (SSSR count). The van der Waals surface area contributed by atoms with Gasteiger partial charge in [0.25, 0.3) is 5.56 Å². The Labute approximate surface area is 184 Å². The second-order valence-electron chi connectivity index (χ2n) is 8.23. The molecule has 0 fully saturated rings. The lowest BCUT2D eigenvalue weighted by Crippen LogP contribution is -2.32. The Morgan fingerprint density at radius 3 is 2.80 bits per heavy atom. The van der Waals surface area contributed by atoms with Gasteiger partial charge in [0.05, 0.1) is 16.8 Å². The molecule has 158 valence electrons. The highest BCUT2D eigenvalue weighted by Crippen LogP contribution is 2.35. The lowest BCUT2D eigenvalue weighted by molar-refractivity contribution is -0.119. The van der Waals surface area contributed by atoms with Gasteiger partial charge in [0.15, 0.2) is 5.16 Å². The first-order valence-corrected chi connectivity index (χ1v) is 12.2. The zero-order valence-electron chi connectivity index (χ0n) is 17.9. The number of thiophene rings is 1. The van der Waals surface area contributed by atoms with Crippen LogP contribution in [0.4, 0.5) is 0 Å². The van der Waals surface area contributed by atoms with Gasteiger partial charge >= 0.3 is 0 Å². The summed E-state index contributed by atoms with van der Waals surface area (Å²) in [5, 5.41) is 4.26. The highest BCUT2D eigenvalue weighted by molar-refractivity contribution is 7.99. The summed E-state index contributed by atoms with van der Waals surface area (Å²) in [5.41, 5.74) is 4.12. The first kappa shape index (κ1) is 21.1. The number of hydrogen-bond acceptors (Lipinski definition) is 5. The van der Waals surface area contributed by atoms with E-state index in [-0.39, 0.29) is 23.3 Å². The van der Waals surface area contributed by atoms with Gasteiger partial charge in [-0.1, -0.05) is 23.9 Å². The maximum Gasteiger partial charge on any atom is 0.267 e. The molecule has 5 nitrogen and oxygen atoms in total. The molecule has 30 heavy (non-hydrogen) atoms.